The molecule has 0 bridgehead atoms. The van der Waals surface area contributed by atoms with Crippen LogP contribution in [-0.2, 0) is 14.3 Å². The first kappa shape index (κ1) is 17.6. The summed E-state index contributed by atoms with van der Waals surface area (Å²) in [5, 5.41) is 1.85. The molecule has 2 aromatic rings. The highest BCUT2D eigenvalue weighted by Gasteiger charge is 2.27. The first-order valence-corrected chi connectivity index (χ1v) is 9.16. The highest BCUT2D eigenvalue weighted by atomic mass is 32.1. The summed E-state index contributed by atoms with van der Waals surface area (Å²) in [6, 6.07) is 11.6. The maximum Gasteiger partial charge on any atom is 0.349 e. The number of hydrogen-bond acceptors (Lipinski definition) is 5. The van der Waals surface area contributed by atoms with Gasteiger partial charge in [-0.3, -0.25) is 4.79 Å². The molecular weight excluding hydrogens is 338 g/mol. The van der Waals surface area contributed by atoms with Gasteiger partial charge >= 0.3 is 5.97 Å². The Bertz CT molecular complexity index is 733. The number of rotatable bonds is 4. The molecule has 1 saturated heterocycles. The third-order valence-electron chi connectivity index (χ3n) is 4.03. The molecule has 3 rings (SSSR count). The second kappa shape index (κ2) is 7.80. The fourth-order valence-corrected chi connectivity index (χ4v) is 3.79. The number of thiophene rings is 1. The average Bonchev–Trinajstić information content (AvgIpc) is 3.09. The Labute approximate surface area is 151 Å². The van der Waals surface area contributed by atoms with Crippen LogP contribution in [0, 0.1) is 0 Å². The highest BCUT2D eigenvalue weighted by Crippen LogP contribution is 2.28. The Morgan fingerprint density at radius 3 is 2.52 bits per heavy atom. The van der Waals surface area contributed by atoms with Crippen LogP contribution in [0.4, 0.5) is 0 Å². The number of hydrogen-bond donors (Lipinski definition) is 0. The summed E-state index contributed by atoms with van der Waals surface area (Å²) in [4.78, 5) is 26.9. The topological polar surface area (TPSA) is 55.8 Å². The molecule has 2 atom stereocenters. The van der Waals surface area contributed by atoms with E-state index in [1.807, 2.05) is 55.6 Å². The van der Waals surface area contributed by atoms with Crippen molar-refractivity contribution in [3.8, 4) is 11.1 Å². The zero-order valence-electron chi connectivity index (χ0n) is 14.3. The summed E-state index contributed by atoms with van der Waals surface area (Å²) >= 11 is 1.32. The van der Waals surface area contributed by atoms with Crippen molar-refractivity contribution >= 4 is 23.2 Å². The minimum atomic E-state index is -0.462. The Kier molecular flexibility index (Phi) is 5.50. The minimum Gasteiger partial charge on any atom is -0.451 e. The molecule has 6 heteroatoms. The van der Waals surface area contributed by atoms with E-state index in [1.54, 1.807) is 4.90 Å². The molecule has 132 valence electrons. The Morgan fingerprint density at radius 2 is 1.84 bits per heavy atom. The van der Waals surface area contributed by atoms with Crippen molar-refractivity contribution in [2.75, 3.05) is 19.7 Å². The van der Waals surface area contributed by atoms with Gasteiger partial charge in [0.2, 0.25) is 0 Å². The molecule has 1 fully saturated rings. The van der Waals surface area contributed by atoms with E-state index in [0.717, 1.165) is 11.1 Å². The van der Waals surface area contributed by atoms with E-state index >= 15 is 0 Å². The molecule has 1 aromatic heterocycles. The van der Waals surface area contributed by atoms with Crippen LogP contribution in [-0.4, -0.2) is 48.7 Å². The predicted octanol–water partition coefficient (Wildman–Crippen LogP) is 3.21. The fraction of sp³-hybridized carbons (Fsp3) is 0.368. The number of morpholine rings is 1. The monoisotopic (exact) mass is 359 g/mol. The fourth-order valence-electron chi connectivity index (χ4n) is 2.98. The quantitative estimate of drug-likeness (QED) is 0.787. The van der Waals surface area contributed by atoms with Gasteiger partial charge in [0, 0.05) is 18.7 Å². The van der Waals surface area contributed by atoms with Gasteiger partial charge < -0.3 is 14.4 Å². The van der Waals surface area contributed by atoms with E-state index in [-0.39, 0.29) is 24.7 Å². The second-order valence-corrected chi connectivity index (χ2v) is 7.08. The second-order valence-electron chi connectivity index (χ2n) is 6.16. The van der Waals surface area contributed by atoms with Gasteiger partial charge in [-0.1, -0.05) is 30.3 Å². The molecule has 1 aliphatic heterocycles. The van der Waals surface area contributed by atoms with Gasteiger partial charge in [-0.15, -0.1) is 11.3 Å². The Morgan fingerprint density at radius 1 is 1.16 bits per heavy atom. The molecule has 5 nitrogen and oxygen atoms in total. The summed E-state index contributed by atoms with van der Waals surface area (Å²) < 4.78 is 10.9. The lowest BCUT2D eigenvalue weighted by Gasteiger charge is -2.35. The lowest BCUT2D eigenvalue weighted by molar-refractivity contribution is -0.146. The van der Waals surface area contributed by atoms with Crippen LogP contribution in [0.15, 0.2) is 41.8 Å². The minimum absolute atomic E-state index is 0.00891. The maximum atomic E-state index is 12.4. The van der Waals surface area contributed by atoms with Crippen LogP contribution in [0.3, 0.4) is 0 Å². The van der Waals surface area contributed by atoms with Crippen molar-refractivity contribution in [3.05, 3.63) is 46.7 Å². The van der Waals surface area contributed by atoms with Gasteiger partial charge in [-0.05, 0) is 30.9 Å². The van der Waals surface area contributed by atoms with Crippen molar-refractivity contribution in [2.45, 2.75) is 26.1 Å². The van der Waals surface area contributed by atoms with Crippen molar-refractivity contribution in [2.24, 2.45) is 0 Å². The first-order valence-electron chi connectivity index (χ1n) is 8.28. The smallest absolute Gasteiger partial charge is 0.349 e. The molecule has 0 spiro atoms. The number of benzene rings is 1. The summed E-state index contributed by atoms with van der Waals surface area (Å²) in [6.07, 6.45) is -0.0178. The lowest BCUT2D eigenvalue weighted by Crippen LogP contribution is -2.49. The first-order chi connectivity index (χ1) is 12.0. The van der Waals surface area contributed by atoms with E-state index in [2.05, 4.69) is 0 Å². The zero-order valence-corrected chi connectivity index (χ0v) is 15.1. The molecule has 0 saturated carbocycles. The molecular formula is C19H21NO4S. The van der Waals surface area contributed by atoms with Crippen molar-refractivity contribution in [3.63, 3.8) is 0 Å². The van der Waals surface area contributed by atoms with Crippen LogP contribution in [0.5, 0.6) is 0 Å². The summed E-state index contributed by atoms with van der Waals surface area (Å²) in [6.45, 7) is 4.66. The largest absolute Gasteiger partial charge is 0.451 e. The number of esters is 1. The number of carbonyl (C=O) groups is 2. The van der Waals surface area contributed by atoms with Gasteiger partial charge in [0.25, 0.3) is 5.91 Å². The van der Waals surface area contributed by atoms with E-state index in [1.165, 1.54) is 11.3 Å². The summed E-state index contributed by atoms with van der Waals surface area (Å²) in [5.74, 6) is -0.648. The van der Waals surface area contributed by atoms with Crippen LogP contribution in [0.2, 0.25) is 0 Å². The molecule has 0 N–H and O–H groups in total. The van der Waals surface area contributed by atoms with Crippen LogP contribution in [0.25, 0.3) is 11.1 Å². The molecule has 1 amide bonds. The number of amides is 1. The predicted molar refractivity (Wildman–Crippen MR) is 96.6 cm³/mol. The Balaban J connectivity index is 1.62. The van der Waals surface area contributed by atoms with E-state index < -0.39 is 5.97 Å². The van der Waals surface area contributed by atoms with Crippen LogP contribution >= 0.6 is 11.3 Å². The molecule has 1 aromatic carbocycles. The van der Waals surface area contributed by atoms with E-state index in [9.17, 15) is 9.59 Å². The maximum absolute atomic E-state index is 12.4. The summed E-state index contributed by atoms with van der Waals surface area (Å²) in [5.41, 5.74) is 1.79. The molecule has 25 heavy (non-hydrogen) atoms. The van der Waals surface area contributed by atoms with E-state index in [4.69, 9.17) is 9.47 Å². The molecule has 0 unspecified atom stereocenters. The van der Waals surface area contributed by atoms with Gasteiger partial charge in [-0.2, -0.15) is 0 Å². The Hall–Kier alpha value is -2.18. The van der Waals surface area contributed by atoms with Gasteiger partial charge in [0.05, 0.1) is 12.2 Å². The van der Waals surface area contributed by atoms with Crippen molar-refractivity contribution < 1.29 is 19.1 Å². The van der Waals surface area contributed by atoms with Gasteiger partial charge in [-0.25, -0.2) is 4.79 Å². The SMILES string of the molecule is C[C@@H]1CN(C(=O)COC(=O)c2sccc2-c2ccccc2)C[C@H](C)O1. The third-order valence-corrected chi connectivity index (χ3v) is 4.93. The molecule has 2 heterocycles. The number of nitrogens with zero attached hydrogens (tertiary/aromatic N) is 1. The van der Waals surface area contributed by atoms with Crippen molar-refractivity contribution in [1.29, 1.82) is 0 Å². The van der Waals surface area contributed by atoms with Gasteiger partial charge in [0.1, 0.15) is 4.88 Å². The number of ether oxygens (including phenoxy) is 2. The van der Waals surface area contributed by atoms with Crippen LogP contribution < -0.4 is 0 Å². The summed E-state index contributed by atoms with van der Waals surface area (Å²) in [7, 11) is 0. The number of carbonyl (C=O) groups excluding carboxylic acids is 2. The average molecular weight is 359 g/mol. The third kappa shape index (κ3) is 4.27. The molecule has 0 aliphatic carbocycles. The van der Waals surface area contributed by atoms with Crippen LogP contribution in [0.1, 0.15) is 23.5 Å². The molecule has 1 aliphatic rings. The standard InChI is InChI=1S/C19H21NO4S/c1-13-10-20(11-14(2)24-13)17(21)12-23-19(22)18-16(8-9-25-18)15-6-4-3-5-7-15/h3-9,13-14H,10-12H2,1-2H3/t13-,14+. The molecule has 0 radical (unpaired) electrons. The van der Waals surface area contributed by atoms with Crippen molar-refractivity contribution in [1.82, 2.24) is 4.90 Å². The highest BCUT2D eigenvalue weighted by molar-refractivity contribution is 7.12. The lowest BCUT2D eigenvalue weighted by atomic mass is 10.1. The zero-order chi connectivity index (χ0) is 17.8. The van der Waals surface area contributed by atoms with E-state index in [0.29, 0.717) is 18.0 Å². The van der Waals surface area contributed by atoms with Gasteiger partial charge in [0.15, 0.2) is 6.61 Å². The normalized spacial score (nSPS) is 20.3.